The summed E-state index contributed by atoms with van der Waals surface area (Å²) in [7, 11) is 0. The number of rotatable bonds is 4. The fourth-order valence-corrected chi connectivity index (χ4v) is 5.17. The van der Waals surface area contributed by atoms with Gasteiger partial charge < -0.3 is 19.7 Å². The Labute approximate surface area is 187 Å². The van der Waals surface area contributed by atoms with E-state index in [2.05, 4.69) is 5.32 Å². The Morgan fingerprint density at radius 2 is 1.70 bits per heavy atom. The van der Waals surface area contributed by atoms with Gasteiger partial charge in [0.2, 0.25) is 5.91 Å². The molecule has 3 aliphatic rings. The first-order chi connectivity index (χ1) is 15.4. The zero-order valence-electron chi connectivity index (χ0n) is 18.1. The molecule has 2 bridgehead atoms. The van der Waals surface area contributed by atoms with Crippen molar-refractivity contribution in [1.82, 2.24) is 10.2 Å². The van der Waals surface area contributed by atoms with E-state index in [1.807, 2.05) is 6.92 Å². The number of hydrogen-bond acceptors (Lipinski definition) is 4. The molecule has 184 valence electrons. The van der Waals surface area contributed by atoms with Crippen molar-refractivity contribution in [1.29, 1.82) is 0 Å². The molecule has 1 amide bonds. The van der Waals surface area contributed by atoms with Gasteiger partial charge in [0, 0.05) is 24.7 Å². The predicted molar refractivity (Wildman–Crippen MR) is 105 cm³/mol. The van der Waals surface area contributed by atoms with Crippen LogP contribution in [0.2, 0.25) is 0 Å². The van der Waals surface area contributed by atoms with E-state index < -0.39 is 35.1 Å². The molecular formula is C22H26F6N2O3. The first-order valence-electron chi connectivity index (χ1n) is 10.9. The Balaban J connectivity index is 1.46. The van der Waals surface area contributed by atoms with Crippen LogP contribution in [0.3, 0.4) is 0 Å². The zero-order chi connectivity index (χ0) is 24.0. The van der Waals surface area contributed by atoms with Crippen LogP contribution in [0.5, 0.6) is 0 Å². The summed E-state index contributed by atoms with van der Waals surface area (Å²) in [6.45, 7) is 3.57. The molecule has 1 aromatic rings. The van der Waals surface area contributed by atoms with Gasteiger partial charge in [-0.3, -0.25) is 4.79 Å². The summed E-state index contributed by atoms with van der Waals surface area (Å²) < 4.78 is 89.9. The van der Waals surface area contributed by atoms with Crippen LogP contribution >= 0.6 is 0 Å². The van der Waals surface area contributed by atoms with Gasteiger partial charge in [-0.2, -0.15) is 26.3 Å². The third kappa shape index (κ3) is 5.14. The topological polar surface area (TPSA) is 50.8 Å². The first-order valence-corrected chi connectivity index (χ1v) is 10.9. The highest BCUT2D eigenvalue weighted by atomic mass is 19.4. The zero-order valence-corrected chi connectivity index (χ0v) is 18.1. The maximum absolute atomic E-state index is 13.1. The van der Waals surface area contributed by atoms with Crippen molar-refractivity contribution in [2.45, 2.75) is 62.8 Å². The van der Waals surface area contributed by atoms with Crippen LogP contribution < -0.4 is 5.32 Å². The largest absolute Gasteiger partial charge is 0.416 e. The van der Waals surface area contributed by atoms with Crippen molar-refractivity contribution >= 4 is 5.91 Å². The quantitative estimate of drug-likeness (QED) is 0.663. The molecule has 4 atom stereocenters. The molecule has 1 aromatic carbocycles. The summed E-state index contributed by atoms with van der Waals surface area (Å²) in [6.07, 6.45) is -8.56. The number of ether oxygens (including phenoxy) is 2. The molecule has 3 saturated heterocycles. The van der Waals surface area contributed by atoms with E-state index >= 15 is 0 Å². The average molecular weight is 480 g/mol. The van der Waals surface area contributed by atoms with Crippen LogP contribution in [-0.2, 0) is 33.2 Å². The number of alkyl halides is 6. The Hall–Kier alpha value is -1.85. The number of nitrogens with one attached hydrogen (secondary N) is 1. The van der Waals surface area contributed by atoms with Crippen LogP contribution in [-0.4, -0.2) is 54.8 Å². The van der Waals surface area contributed by atoms with Crippen molar-refractivity contribution in [2.75, 3.05) is 26.3 Å². The van der Waals surface area contributed by atoms with E-state index in [-0.39, 0.29) is 36.1 Å². The molecule has 4 unspecified atom stereocenters. The lowest BCUT2D eigenvalue weighted by atomic mass is 9.88. The number of carbonyl (C=O) groups excluding carboxylic acids is 1. The number of fused-ring (bicyclic) bond motifs is 2. The predicted octanol–water partition coefficient (Wildman–Crippen LogP) is 4.00. The Bertz CT molecular complexity index is 852. The lowest BCUT2D eigenvalue weighted by Crippen LogP contribution is -2.55. The fraction of sp³-hybridized carbons (Fsp3) is 0.682. The number of carbonyl (C=O) groups is 1. The lowest BCUT2D eigenvalue weighted by molar-refractivity contribution is -0.143. The maximum Gasteiger partial charge on any atom is 0.416 e. The van der Waals surface area contributed by atoms with E-state index in [1.54, 1.807) is 4.90 Å². The van der Waals surface area contributed by atoms with Crippen molar-refractivity contribution in [3.05, 3.63) is 34.9 Å². The molecular weight excluding hydrogens is 454 g/mol. The number of amides is 1. The van der Waals surface area contributed by atoms with Gasteiger partial charge in [0.1, 0.15) is 0 Å². The highest BCUT2D eigenvalue weighted by Crippen LogP contribution is 2.42. The Morgan fingerprint density at radius 1 is 1.09 bits per heavy atom. The van der Waals surface area contributed by atoms with E-state index in [0.717, 1.165) is 0 Å². The van der Waals surface area contributed by atoms with E-state index in [1.165, 1.54) is 0 Å². The molecule has 0 spiro atoms. The second kappa shape index (κ2) is 8.74. The second-order valence-electron chi connectivity index (χ2n) is 9.21. The van der Waals surface area contributed by atoms with Crippen molar-refractivity contribution < 1.29 is 40.6 Å². The highest BCUT2D eigenvalue weighted by Gasteiger charge is 2.53. The third-order valence-corrected chi connectivity index (χ3v) is 6.83. The molecule has 0 aliphatic carbocycles. The summed E-state index contributed by atoms with van der Waals surface area (Å²) >= 11 is 0. The van der Waals surface area contributed by atoms with Crippen LogP contribution in [0.4, 0.5) is 26.3 Å². The number of piperidine rings is 1. The SMILES string of the molecule is CC12CC(C(=O)N3CCOCC3)C(CCC1OCc1cc(C(F)(F)F)cc(C(F)(F)F)c1)N2. The molecule has 0 aromatic heterocycles. The monoisotopic (exact) mass is 480 g/mol. The fourth-order valence-electron chi connectivity index (χ4n) is 5.17. The number of benzene rings is 1. The minimum absolute atomic E-state index is 0.0319. The van der Waals surface area contributed by atoms with Gasteiger partial charge in [-0.25, -0.2) is 0 Å². The minimum atomic E-state index is -4.90. The number of halogens is 6. The van der Waals surface area contributed by atoms with Crippen LogP contribution in [0.25, 0.3) is 0 Å². The lowest BCUT2D eigenvalue weighted by Gasteiger charge is -2.39. The van der Waals surface area contributed by atoms with Gasteiger partial charge in [-0.05, 0) is 49.9 Å². The molecule has 11 heteroatoms. The Kier molecular flexibility index (Phi) is 6.43. The van der Waals surface area contributed by atoms with E-state index in [9.17, 15) is 31.1 Å². The number of nitrogens with zero attached hydrogens (tertiary/aromatic N) is 1. The summed E-state index contributed by atoms with van der Waals surface area (Å²) in [4.78, 5) is 14.8. The average Bonchev–Trinajstić information content (AvgIpc) is 3.03. The minimum Gasteiger partial charge on any atom is -0.378 e. The summed E-state index contributed by atoms with van der Waals surface area (Å²) in [6, 6.07) is 1.46. The third-order valence-electron chi connectivity index (χ3n) is 6.83. The molecule has 0 saturated carbocycles. The van der Waals surface area contributed by atoms with Gasteiger partial charge in [0.15, 0.2) is 0 Å². The van der Waals surface area contributed by atoms with Gasteiger partial charge in [-0.1, -0.05) is 0 Å². The van der Waals surface area contributed by atoms with Gasteiger partial charge in [0.25, 0.3) is 0 Å². The van der Waals surface area contributed by atoms with E-state index in [4.69, 9.17) is 9.47 Å². The maximum atomic E-state index is 13.1. The standard InChI is InChI=1S/C22H26F6N2O3/c1-20-11-16(19(31)30-4-6-32-7-5-30)17(29-20)2-3-18(20)33-12-13-8-14(21(23,24)25)10-15(9-13)22(26,27)28/h8-10,16-18,29H,2-7,11-12H2,1H3. The molecule has 0 radical (unpaired) electrons. The smallest absolute Gasteiger partial charge is 0.378 e. The molecule has 1 N–H and O–H groups in total. The van der Waals surface area contributed by atoms with Gasteiger partial charge in [-0.15, -0.1) is 0 Å². The van der Waals surface area contributed by atoms with Crippen LogP contribution in [0, 0.1) is 5.92 Å². The second-order valence-corrected chi connectivity index (χ2v) is 9.21. The van der Waals surface area contributed by atoms with Crippen molar-refractivity contribution in [3.8, 4) is 0 Å². The van der Waals surface area contributed by atoms with E-state index in [0.29, 0.717) is 57.7 Å². The number of hydrogen-bond donors (Lipinski definition) is 1. The summed E-state index contributed by atoms with van der Waals surface area (Å²) in [5.41, 5.74) is -3.51. The molecule has 3 fully saturated rings. The van der Waals surface area contributed by atoms with Gasteiger partial charge >= 0.3 is 12.4 Å². The van der Waals surface area contributed by atoms with Crippen LogP contribution in [0.15, 0.2) is 18.2 Å². The van der Waals surface area contributed by atoms with Crippen molar-refractivity contribution in [2.24, 2.45) is 5.92 Å². The number of morpholine rings is 1. The molecule has 33 heavy (non-hydrogen) atoms. The molecule has 3 heterocycles. The highest BCUT2D eigenvalue weighted by molar-refractivity contribution is 5.80. The Morgan fingerprint density at radius 3 is 2.27 bits per heavy atom. The molecule has 3 aliphatic heterocycles. The molecule has 4 rings (SSSR count). The van der Waals surface area contributed by atoms with Gasteiger partial charge in [0.05, 0.1) is 43.0 Å². The summed E-state index contributed by atoms with van der Waals surface area (Å²) in [5, 5.41) is 3.43. The summed E-state index contributed by atoms with van der Waals surface area (Å²) in [5.74, 6) is -0.194. The van der Waals surface area contributed by atoms with Crippen LogP contribution in [0.1, 0.15) is 42.9 Å². The van der Waals surface area contributed by atoms with Crippen molar-refractivity contribution in [3.63, 3.8) is 0 Å². The first kappa shape index (κ1) is 24.3. The normalized spacial score (nSPS) is 30.5. The molecule has 5 nitrogen and oxygen atoms in total.